The third-order valence-electron chi connectivity index (χ3n) is 5.70. The summed E-state index contributed by atoms with van der Waals surface area (Å²) in [5, 5.41) is 20.5. The van der Waals surface area contributed by atoms with Crippen molar-refractivity contribution in [2.24, 2.45) is 0 Å². The van der Waals surface area contributed by atoms with Gasteiger partial charge >= 0.3 is 5.97 Å². The summed E-state index contributed by atoms with van der Waals surface area (Å²) >= 11 is 1.45. The highest BCUT2D eigenvalue weighted by Crippen LogP contribution is 2.39. The Morgan fingerprint density at radius 2 is 1.49 bits per heavy atom. The van der Waals surface area contributed by atoms with E-state index >= 15 is 0 Å². The van der Waals surface area contributed by atoms with E-state index in [1.807, 2.05) is 36.4 Å². The lowest BCUT2D eigenvalue weighted by atomic mass is 10.1. The zero-order chi connectivity index (χ0) is 24.2. The monoisotopic (exact) mass is 472 g/mol. The highest BCUT2D eigenvalue weighted by atomic mass is 32.1. The van der Waals surface area contributed by atoms with Crippen molar-refractivity contribution in [3.05, 3.63) is 120 Å². The van der Waals surface area contributed by atoms with Crippen molar-refractivity contribution in [3.63, 3.8) is 0 Å². The predicted octanol–water partition coefficient (Wildman–Crippen LogP) is 8.03. The molecule has 4 nitrogen and oxygen atoms in total. The molecule has 0 aliphatic carbocycles. The number of fused-ring (bicyclic) bond motifs is 1. The van der Waals surface area contributed by atoms with Crippen molar-refractivity contribution in [2.45, 2.75) is 0 Å². The van der Waals surface area contributed by atoms with Crippen LogP contribution in [0.3, 0.4) is 0 Å². The van der Waals surface area contributed by atoms with Crippen LogP contribution in [0.4, 0.5) is 17.1 Å². The maximum absolute atomic E-state index is 11.1. The summed E-state index contributed by atoms with van der Waals surface area (Å²) < 4.78 is 0. The Hall–Kier alpha value is -4.66. The van der Waals surface area contributed by atoms with Crippen molar-refractivity contribution < 1.29 is 9.90 Å². The zero-order valence-corrected chi connectivity index (χ0v) is 19.4. The van der Waals surface area contributed by atoms with Crippen LogP contribution in [0.1, 0.15) is 4.88 Å². The Kier molecular flexibility index (Phi) is 6.13. The molecule has 0 aliphatic heterocycles. The second kappa shape index (κ2) is 9.68. The number of carboxylic acid groups (broad SMARTS) is 1. The molecule has 0 unspecified atom stereocenters. The molecule has 5 heteroatoms. The number of nitriles is 1. The van der Waals surface area contributed by atoms with Crippen LogP contribution in [0.25, 0.3) is 27.3 Å². The van der Waals surface area contributed by atoms with Crippen LogP contribution in [0.5, 0.6) is 0 Å². The van der Waals surface area contributed by atoms with Crippen molar-refractivity contribution in [3.8, 4) is 16.5 Å². The Balaban J connectivity index is 1.54. The predicted molar refractivity (Wildman–Crippen MR) is 143 cm³/mol. The second-order valence-corrected chi connectivity index (χ2v) is 9.01. The molecule has 0 saturated heterocycles. The van der Waals surface area contributed by atoms with E-state index in [0.717, 1.165) is 32.4 Å². The molecule has 1 heterocycles. The molecule has 5 aromatic rings. The molecule has 1 N–H and O–H groups in total. The molecule has 0 spiro atoms. The number of para-hydroxylation sites is 1. The summed E-state index contributed by atoms with van der Waals surface area (Å²) in [5.41, 5.74) is 3.95. The van der Waals surface area contributed by atoms with Crippen LogP contribution in [0.2, 0.25) is 0 Å². The van der Waals surface area contributed by atoms with E-state index < -0.39 is 5.97 Å². The van der Waals surface area contributed by atoms with E-state index in [1.165, 1.54) is 28.2 Å². The van der Waals surface area contributed by atoms with Crippen LogP contribution in [-0.4, -0.2) is 11.1 Å². The van der Waals surface area contributed by atoms with Crippen molar-refractivity contribution in [2.75, 3.05) is 4.90 Å². The zero-order valence-electron chi connectivity index (χ0n) is 18.6. The van der Waals surface area contributed by atoms with Crippen molar-refractivity contribution in [1.29, 1.82) is 5.26 Å². The minimum atomic E-state index is -1.22. The van der Waals surface area contributed by atoms with E-state index in [-0.39, 0.29) is 5.57 Å². The van der Waals surface area contributed by atoms with Gasteiger partial charge in [-0.1, -0.05) is 66.7 Å². The molecule has 0 aliphatic rings. The molecule has 0 amide bonds. The van der Waals surface area contributed by atoms with Crippen LogP contribution in [0.15, 0.2) is 115 Å². The molecule has 5 rings (SSSR count). The number of thiophene rings is 1. The van der Waals surface area contributed by atoms with Crippen molar-refractivity contribution >= 4 is 51.2 Å². The largest absolute Gasteiger partial charge is 0.477 e. The first-order valence-corrected chi connectivity index (χ1v) is 11.8. The molecule has 0 radical (unpaired) electrons. The lowest BCUT2D eigenvalue weighted by Gasteiger charge is -2.27. The summed E-state index contributed by atoms with van der Waals surface area (Å²) in [7, 11) is 0. The third-order valence-corrected chi connectivity index (χ3v) is 6.78. The van der Waals surface area contributed by atoms with Gasteiger partial charge in [-0.3, -0.25) is 0 Å². The molecule has 0 atom stereocenters. The second-order valence-electron chi connectivity index (χ2n) is 7.89. The SMILES string of the molecule is N#C/C(=C\c1ccc(-c2ccc(N(c3ccccc3)c3cccc4ccccc34)cc2)s1)C(=O)O. The molecule has 4 aromatic carbocycles. The number of rotatable bonds is 6. The first-order chi connectivity index (χ1) is 17.1. The summed E-state index contributed by atoms with van der Waals surface area (Å²) in [6, 6.07) is 38.8. The van der Waals surface area contributed by atoms with Gasteiger partial charge in [0.25, 0.3) is 0 Å². The highest BCUT2D eigenvalue weighted by Gasteiger charge is 2.15. The number of anilines is 3. The van der Waals surface area contributed by atoms with Gasteiger partial charge in [-0.05, 0) is 59.5 Å². The van der Waals surface area contributed by atoms with Gasteiger partial charge in [0.1, 0.15) is 11.6 Å². The number of aliphatic carboxylic acids is 1. The molecular formula is C30H20N2O2S. The minimum absolute atomic E-state index is 0.276. The van der Waals surface area contributed by atoms with E-state index in [9.17, 15) is 4.79 Å². The van der Waals surface area contributed by atoms with Crippen LogP contribution in [0, 0.1) is 11.3 Å². The molecule has 1 aromatic heterocycles. The standard InChI is InChI=1S/C30H20N2O2S/c31-20-23(30(33)34)19-26-17-18-29(35-26)22-13-15-25(16-14-22)32(24-9-2-1-3-10-24)28-12-6-8-21-7-4-5-11-27(21)28/h1-19H,(H,33,34)/b23-19+. The summed E-state index contributed by atoms with van der Waals surface area (Å²) in [4.78, 5) is 15.1. The summed E-state index contributed by atoms with van der Waals surface area (Å²) in [5.74, 6) is -1.22. The summed E-state index contributed by atoms with van der Waals surface area (Å²) in [6.45, 7) is 0. The highest BCUT2D eigenvalue weighted by molar-refractivity contribution is 7.16. The van der Waals surface area contributed by atoms with Crippen LogP contribution in [-0.2, 0) is 4.79 Å². The Morgan fingerprint density at radius 3 is 2.23 bits per heavy atom. The smallest absolute Gasteiger partial charge is 0.346 e. The lowest BCUT2D eigenvalue weighted by molar-refractivity contribution is -0.132. The molecule has 0 bridgehead atoms. The maximum Gasteiger partial charge on any atom is 0.346 e. The molecule has 0 saturated carbocycles. The third kappa shape index (κ3) is 4.56. The Labute approximate surface area is 207 Å². The average molecular weight is 473 g/mol. The summed E-state index contributed by atoms with van der Waals surface area (Å²) in [6.07, 6.45) is 1.41. The van der Waals surface area contributed by atoms with Gasteiger partial charge < -0.3 is 10.0 Å². The number of carbonyl (C=O) groups is 1. The normalized spacial score (nSPS) is 11.2. The van der Waals surface area contributed by atoms with Gasteiger partial charge in [0.05, 0.1) is 5.69 Å². The van der Waals surface area contributed by atoms with E-state index in [4.69, 9.17) is 10.4 Å². The van der Waals surface area contributed by atoms with Crippen molar-refractivity contribution in [1.82, 2.24) is 0 Å². The first kappa shape index (κ1) is 22.1. The average Bonchev–Trinajstić information content (AvgIpc) is 3.37. The van der Waals surface area contributed by atoms with Crippen LogP contribution >= 0.6 is 11.3 Å². The molecule has 168 valence electrons. The number of carboxylic acids is 1. The number of nitrogens with zero attached hydrogens (tertiary/aromatic N) is 2. The number of hydrogen-bond donors (Lipinski definition) is 1. The maximum atomic E-state index is 11.1. The quantitative estimate of drug-likeness (QED) is 0.201. The van der Waals surface area contributed by atoms with E-state index in [0.29, 0.717) is 0 Å². The van der Waals surface area contributed by atoms with Gasteiger partial charge in [0, 0.05) is 26.5 Å². The minimum Gasteiger partial charge on any atom is -0.477 e. The fraction of sp³-hybridized carbons (Fsp3) is 0. The van der Waals surface area contributed by atoms with E-state index in [2.05, 4.69) is 77.7 Å². The van der Waals surface area contributed by atoms with E-state index in [1.54, 1.807) is 6.07 Å². The fourth-order valence-electron chi connectivity index (χ4n) is 4.05. The van der Waals surface area contributed by atoms with Gasteiger partial charge in [0.15, 0.2) is 0 Å². The number of benzene rings is 4. The molecule has 0 fully saturated rings. The fourth-order valence-corrected chi connectivity index (χ4v) is 5.01. The molecule has 35 heavy (non-hydrogen) atoms. The Morgan fingerprint density at radius 1 is 0.800 bits per heavy atom. The van der Waals surface area contributed by atoms with Gasteiger partial charge in [-0.15, -0.1) is 11.3 Å². The molecular weight excluding hydrogens is 452 g/mol. The Bertz CT molecular complexity index is 1570. The topological polar surface area (TPSA) is 64.3 Å². The van der Waals surface area contributed by atoms with Gasteiger partial charge in [-0.2, -0.15) is 5.26 Å². The van der Waals surface area contributed by atoms with Crippen LogP contribution < -0.4 is 4.90 Å². The lowest BCUT2D eigenvalue weighted by Crippen LogP contribution is -2.10. The first-order valence-electron chi connectivity index (χ1n) is 11.0. The number of hydrogen-bond acceptors (Lipinski definition) is 4. The van der Waals surface area contributed by atoms with Gasteiger partial charge in [0.2, 0.25) is 0 Å². The van der Waals surface area contributed by atoms with Gasteiger partial charge in [-0.25, -0.2) is 4.79 Å².